The normalized spacial score (nSPS) is 16.2. The fourth-order valence-electron chi connectivity index (χ4n) is 4.88. The maximum Gasteiger partial charge on any atom is 0.270 e. The third-order valence-corrected chi connectivity index (χ3v) is 7.05. The number of nitrogens with zero attached hydrogens (tertiary/aromatic N) is 2. The van der Waals surface area contributed by atoms with Gasteiger partial charge in [0.1, 0.15) is 6.54 Å². The number of rotatable bonds is 21. The molecule has 0 spiro atoms. The second-order valence-electron chi connectivity index (χ2n) is 10.1. The minimum atomic E-state index is 0.203. The fourth-order valence-corrected chi connectivity index (χ4v) is 4.88. The number of nitrogens with one attached hydrogen (secondary N) is 1. The summed E-state index contributed by atoms with van der Waals surface area (Å²) in [4.78, 5) is 12.6. The van der Waals surface area contributed by atoms with Crippen LogP contribution in [0.5, 0.6) is 0 Å². The average Bonchev–Trinajstić information content (AvgIpc) is 3.08. The van der Waals surface area contributed by atoms with Crippen molar-refractivity contribution in [1.29, 1.82) is 0 Å². The van der Waals surface area contributed by atoms with Gasteiger partial charge in [0.25, 0.3) is 11.7 Å². The Morgan fingerprint density at radius 2 is 1.25 bits per heavy atom. The van der Waals surface area contributed by atoms with E-state index in [1.54, 1.807) is 0 Å². The zero-order chi connectivity index (χ0) is 23.4. The van der Waals surface area contributed by atoms with Gasteiger partial charge < -0.3 is 0 Å². The van der Waals surface area contributed by atoms with E-state index >= 15 is 0 Å². The minimum absolute atomic E-state index is 0.203. The molecule has 0 aromatic heterocycles. The third-order valence-electron chi connectivity index (χ3n) is 7.05. The molecular weight excluding hydrogens is 394 g/mol. The summed E-state index contributed by atoms with van der Waals surface area (Å²) in [5, 5.41) is 2.22. The van der Waals surface area contributed by atoms with Crippen LogP contribution in [0.25, 0.3) is 0 Å². The number of hydrogen-bond acceptors (Lipinski definition) is 2. The zero-order valence-corrected chi connectivity index (χ0v) is 22.2. The highest BCUT2D eigenvalue weighted by molar-refractivity contribution is 5.83. The van der Waals surface area contributed by atoms with Crippen molar-refractivity contribution in [2.24, 2.45) is 0 Å². The van der Waals surface area contributed by atoms with Crippen molar-refractivity contribution < 1.29 is 9.37 Å². The van der Waals surface area contributed by atoms with E-state index in [0.717, 1.165) is 25.8 Å². The maximum atomic E-state index is 12.6. The molecule has 32 heavy (non-hydrogen) atoms. The van der Waals surface area contributed by atoms with E-state index in [0.29, 0.717) is 12.5 Å². The van der Waals surface area contributed by atoms with Crippen LogP contribution in [-0.2, 0) is 4.79 Å². The molecule has 1 rings (SSSR count). The molecule has 1 amide bonds. The largest absolute Gasteiger partial charge is 0.272 e. The molecule has 0 fully saturated rings. The lowest BCUT2D eigenvalue weighted by atomic mass is 10.1. The second-order valence-corrected chi connectivity index (χ2v) is 10.1. The Labute approximate surface area is 200 Å². The molecule has 0 saturated heterocycles. The smallest absolute Gasteiger partial charge is 0.270 e. The molecule has 1 aliphatic rings. The topological polar surface area (TPSA) is 35.4 Å². The van der Waals surface area contributed by atoms with Crippen LogP contribution in [0, 0.1) is 0 Å². The maximum absolute atomic E-state index is 12.6. The van der Waals surface area contributed by atoms with Gasteiger partial charge in [0.2, 0.25) is 0 Å². The van der Waals surface area contributed by atoms with Gasteiger partial charge in [-0.3, -0.25) is 9.37 Å². The van der Waals surface area contributed by atoms with E-state index in [1.807, 2.05) is 0 Å². The van der Waals surface area contributed by atoms with Crippen molar-refractivity contribution in [3.63, 3.8) is 0 Å². The molecule has 188 valence electrons. The number of hydrazine groups is 1. The number of unbranched alkanes of at least 4 members (excludes halogenated alkanes) is 15. The summed E-state index contributed by atoms with van der Waals surface area (Å²) in [5.74, 6) is 1.53. The van der Waals surface area contributed by atoms with Gasteiger partial charge in [-0.05, 0) is 19.3 Å². The second kappa shape index (κ2) is 19.4. The number of likely N-dealkylation sites (N-methyl/N-ethyl adjacent to an activating group) is 1. The summed E-state index contributed by atoms with van der Waals surface area (Å²) in [7, 11) is 2.19. The van der Waals surface area contributed by atoms with Crippen LogP contribution in [0.4, 0.5) is 0 Å². The van der Waals surface area contributed by atoms with Crippen LogP contribution in [-0.4, -0.2) is 41.0 Å². The summed E-state index contributed by atoms with van der Waals surface area (Å²) in [6, 6.07) is 0.413. The van der Waals surface area contributed by atoms with Crippen molar-refractivity contribution in [2.75, 3.05) is 13.6 Å². The standard InChI is InChI=1S/C28H55N3O/c1-5-8-10-12-14-16-18-20-22-24-28-30(4)25-26(7-3)31(28)29-27(32)23-21-19-17-15-13-11-9-6-2/h26H,5-25H2,1-4H3/p+1. The quantitative estimate of drug-likeness (QED) is 0.144. The number of carbonyl (C=O) groups excluding carboxylic acids is 1. The molecule has 1 atom stereocenters. The molecule has 4 nitrogen and oxygen atoms in total. The molecule has 0 bridgehead atoms. The molecule has 0 aromatic carbocycles. The molecule has 1 aliphatic heterocycles. The molecule has 1 N–H and O–H groups in total. The van der Waals surface area contributed by atoms with Gasteiger partial charge in [-0.1, -0.05) is 117 Å². The third kappa shape index (κ3) is 12.8. The van der Waals surface area contributed by atoms with Crippen molar-refractivity contribution in [3.05, 3.63) is 0 Å². The van der Waals surface area contributed by atoms with Crippen molar-refractivity contribution in [1.82, 2.24) is 10.4 Å². The van der Waals surface area contributed by atoms with Gasteiger partial charge >= 0.3 is 0 Å². The first-order valence-electron chi connectivity index (χ1n) is 14.3. The lowest BCUT2D eigenvalue weighted by Gasteiger charge is -2.19. The Bertz CT molecular complexity index is 503. The van der Waals surface area contributed by atoms with E-state index in [1.165, 1.54) is 109 Å². The van der Waals surface area contributed by atoms with E-state index in [9.17, 15) is 4.79 Å². The van der Waals surface area contributed by atoms with Crippen LogP contribution >= 0.6 is 0 Å². The first-order chi connectivity index (χ1) is 15.6. The first-order valence-corrected chi connectivity index (χ1v) is 14.3. The monoisotopic (exact) mass is 450 g/mol. The van der Waals surface area contributed by atoms with Crippen LogP contribution in [0.2, 0.25) is 0 Å². The molecule has 0 radical (unpaired) electrons. The van der Waals surface area contributed by atoms with E-state index in [4.69, 9.17) is 0 Å². The van der Waals surface area contributed by atoms with Gasteiger partial charge in [-0.25, -0.2) is 0 Å². The van der Waals surface area contributed by atoms with Crippen LogP contribution in [0.3, 0.4) is 0 Å². The van der Waals surface area contributed by atoms with Crippen molar-refractivity contribution in [2.45, 2.75) is 155 Å². The molecule has 0 aliphatic carbocycles. The fraction of sp³-hybridized carbons (Fsp3) is 0.929. The summed E-state index contributed by atoms with van der Waals surface area (Å²) in [6.45, 7) is 7.81. The Balaban J connectivity index is 2.25. The predicted molar refractivity (Wildman–Crippen MR) is 139 cm³/mol. The van der Waals surface area contributed by atoms with Crippen LogP contribution < -0.4 is 5.43 Å². The highest BCUT2D eigenvalue weighted by atomic mass is 16.2. The minimum Gasteiger partial charge on any atom is -0.272 e. The van der Waals surface area contributed by atoms with Crippen molar-refractivity contribution in [3.8, 4) is 0 Å². The summed E-state index contributed by atoms with van der Waals surface area (Å²) >= 11 is 0. The van der Waals surface area contributed by atoms with Crippen LogP contribution in [0.1, 0.15) is 149 Å². The Hall–Kier alpha value is -1.06. The molecule has 4 heteroatoms. The zero-order valence-electron chi connectivity index (χ0n) is 22.2. The first kappa shape index (κ1) is 29.0. The predicted octanol–water partition coefficient (Wildman–Crippen LogP) is 7.60. The van der Waals surface area contributed by atoms with Gasteiger partial charge in [0.05, 0.1) is 13.5 Å². The number of carbonyl (C=O) groups is 1. The van der Waals surface area contributed by atoms with Crippen LogP contribution in [0.15, 0.2) is 0 Å². The van der Waals surface area contributed by atoms with Gasteiger partial charge in [-0.2, -0.15) is 10.4 Å². The lowest BCUT2D eigenvalue weighted by molar-refractivity contribution is -0.491. The SMILES string of the molecule is CCCCCCCCCCCC1=[N+](C)CC(CC)N1NC(=O)CCCCCCCCCC. The summed E-state index contributed by atoms with van der Waals surface area (Å²) in [5.41, 5.74) is 3.28. The summed E-state index contributed by atoms with van der Waals surface area (Å²) in [6.07, 6.45) is 25.2. The van der Waals surface area contributed by atoms with Gasteiger partial charge in [-0.15, -0.1) is 0 Å². The summed E-state index contributed by atoms with van der Waals surface area (Å²) < 4.78 is 2.37. The lowest BCUT2D eigenvalue weighted by Crippen LogP contribution is -2.49. The molecule has 1 heterocycles. The highest BCUT2D eigenvalue weighted by Crippen LogP contribution is 2.17. The molecule has 0 saturated carbocycles. The number of amides is 1. The highest BCUT2D eigenvalue weighted by Gasteiger charge is 2.38. The molecule has 1 unspecified atom stereocenters. The Kier molecular flexibility index (Phi) is 17.6. The average molecular weight is 451 g/mol. The molecule has 0 aromatic rings. The van der Waals surface area contributed by atoms with E-state index in [-0.39, 0.29) is 5.91 Å². The Morgan fingerprint density at radius 1 is 0.781 bits per heavy atom. The molecular formula is C28H56N3O+. The van der Waals surface area contributed by atoms with Gasteiger partial charge in [0, 0.05) is 6.42 Å². The van der Waals surface area contributed by atoms with Crippen molar-refractivity contribution >= 4 is 11.7 Å². The van der Waals surface area contributed by atoms with E-state index < -0.39 is 0 Å². The van der Waals surface area contributed by atoms with E-state index in [2.05, 4.69) is 42.8 Å². The number of hydrogen-bond donors (Lipinski definition) is 1. The Morgan fingerprint density at radius 3 is 1.75 bits per heavy atom. The number of amidine groups is 1. The van der Waals surface area contributed by atoms with Gasteiger partial charge in [0.15, 0.2) is 6.04 Å².